The van der Waals surface area contributed by atoms with Crippen molar-refractivity contribution in [3.05, 3.63) is 24.3 Å². The predicted octanol–water partition coefficient (Wildman–Crippen LogP) is 0.863. The number of aromatic nitrogens is 2. The van der Waals surface area contributed by atoms with Gasteiger partial charge in [0, 0.05) is 6.20 Å². The Labute approximate surface area is 87.4 Å². The molecule has 15 heavy (non-hydrogen) atoms. The molecular formula is C10H14FN3O. The standard InChI is InChI=1S/C10H14FN3O/c11-9(8-3-6-13-7-14-8)4-1-2-5-10(9,12)15/h3,6-7,15H,1-2,4-5,12H2. The first-order valence-electron chi connectivity index (χ1n) is 5.03. The van der Waals surface area contributed by atoms with Crippen LogP contribution >= 0.6 is 0 Å². The maximum Gasteiger partial charge on any atom is 0.194 e. The molecule has 0 saturated heterocycles. The summed E-state index contributed by atoms with van der Waals surface area (Å²) >= 11 is 0. The van der Waals surface area contributed by atoms with Crippen LogP contribution in [0.25, 0.3) is 0 Å². The van der Waals surface area contributed by atoms with Gasteiger partial charge in [-0.2, -0.15) is 0 Å². The number of hydrogen-bond donors (Lipinski definition) is 2. The normalized spacial score (nSPS) is 36.5. The molecule has 1 aromatic rings. The molecule has 1 aliphatic carbocycles. The molecule has 1 aliphatic rings. The minimum Gasteiger partial charge on any atom is -0.372 e. The van der Waals surface area contributed by atoms with Crippen LogP contribution in [0.2, 0.25) is 0 Å². The maximum atomic E-state index is 14.6. The Morgan fingerprint density at radius 1 is 1.40 bits per heavy atom. The second kappa shape index (κ2) is 3.50. The van der Waals surface area contributed by atoms with Gasteiger partial charge in [-0.1, -0.05) is 0 Å². The second-order valence-corrected chi connectivity index (χ2v) is 4.03. The van der Waals surface area contributed by atoms with E-state index in [1.807, 2.05) is 0 Å². The Bertz CT molecular complexity index is 344. The zero-order chi connectivity index (χ0) is 10.9. The quantitative estimate of drug-likeness (QED) is 0.676. The Hall–Kier alpha value is -1.07. The minimum absolute atomic E-state index is 0.169. The Morgan fingerprint density at radius 3 is 2.73 bits per heavy atom. The summed E-state index contributed by atoms with van der Waals surface area (Å²) in [4.78, 5) is 7.56. The van der Waals surface area contributed by atoms with E-state index in [4.69, 9.17) is 5.73 Å². The smallest absolute Gasteiger partial charge is 0.194 e. The number of nitrogens with two attached hydrogens (primary N) is 1. The fraction of sp³-hybridized carbons (Fsp3) is 0.600. The van der Waals surface area contributed by atoms with Crippen LogP contribution in [-0.4, -0.2) is 20.8 Å². The molecule has 0 aliphatic heterocycles. The van der Waals surface area contributed by atoms with Crippen molar-refractivity contribution in [2.75, 3.05) is 0 Å². The molecule has 0 amide bonds. The van der Waals surface area contributed by atoms with Gasteiger partial charge in [0.05, 0.1) is 5.69 Å². The van der Waals surface area contributed by atoms with Crippen LogP contribution in [0.15, 0.2) is 18.6 Å². The number of alkyl halides is 1. The molecule has 2 atom stereocenters. The van der Waals surface area contributed by atoms with Crippen molar-refractivity contribution in [1.82, 2.24) is 9.97 Å². The summed E-state index contributed by atoms with van der Waals surface area (Å²) in [6.07, 6.45) is 4.63. The van der Waals surface area contributed by atoms with Gasteiger partial charge in [0.15, 0.2) is 11.4 Å². The molecule has 1 fully saturated rings. The summed E-state index contributed by atoms with van der Waals surface area (Å²) in [5.74, 6) is 0. The van der Waals surface area contributed by atoms with Crippen LogP contribution in [0.5, 0.6) is 0 Å². The average molecular weight is 211 g/mol. The van der Waals surface area contributed by atoms with E-state index in [0.717, 1.165) is 6.42 Å². The summed E-state index contributed by atoms with van der Waals surface area (Å²) in [6.45, 7) is 0. The molecule has 0 bridgehead atoms. The van der Waals surface area contributed by atoms with Gasteiger partial charge in [0.2, 0.25) is 0 Å². The van der Waals surface area contributed by atoms with Crippen molar-refractivity contribution in [1.29, 1.82) is 0 Å². The monoisotopic (exact) mass is 211 g/mol. The molecule has 2 unspecified atom stereocenters. The molecule has 1 heterocycles. The van der Waals surface area contributed by atoms with E-state index < -0.39 is 11.4 Å². The van der Waals surface area contributed by atoms with Crippen LogP contribution in [0, 0.1) is 0 Å². The number of halogens is 1. The predicted molar refractivity (Wildman–Crippen MR) is 52.4 cm³/mol. The van der Waals surface area contributed by atoms with Gasteiger partial charge in [0.1, 0.15) is 6.33 Å². The fourth-order valence-corrected chi connectivity index (χ4v) is 2.05. The van der Waals surface area contributed by atoms with Gasteiger partial charge in [-0.15, -0.1) is 0 Å². The first-order chi connectivity index (χ1) is 7.06. The highest BCUT2D eigenvalue weighted by Gasteiger charge is 2.52. The van der Waals surface area contributed by atoms with Crippen LogP contribution in [0.4, 0.5) is 4.39 Å². The van der Waals surface area contributed by atoms with Gasteiger partial charge < -0.3 is 10.8 Å². The first-order valence-corrected chi connectivity index (χ1v) is 5.03. The third-order valence-electron chi connectivity index (χ3n) is 3.00. The van der Waals surface area contributed by atoms with Crippen LogP contribution < -0.4 is 5.73 Å². The molecule has 2 rings (SSSR count). The molecule has 4 nitrogen and oxygen atoms in total. The molecule has 0 aromatic carbocycles. The highest BCUT2D eigenvalue weighted by atomic mass is 19.1. The molecule has 1 aromatic heterocycles. The lowest BCUT2D eigenvalue weighted by Gasteiger charge is -2.41. The van der Waals surface area contributed by atoms with Crippen molar-refractivity contribution in [3.63, 3.8) is 0 Å². The molecular weight excluding hydrogens is 197 g/mol. The van der Waals surface area contributed by atoms with Crippen molar-refractivity contribution in [3.8, 4) is 0 Å². The number of rotatable bonds is 1. The Kier molecular flexibility index (Phi) is 2.44. The third kappa shape index (κ3) is 1.61. The van der Waals surface area contributed by atoms with E-state index in [1.165, 1.54) is 18.6 Å². The van der Waals surface area contributed by atoms with Crippen molar-refractivity contribution in [2.45, 2.75) is 37.1 Å². The van der Waals surface area contributed by atoms with Crippen molar-refractivity contribution < 1.29 is 9.50 Å². The third-order valence-corrected chi connectivity index (χ3v) is 3.00. The van der Waals surface area contributed by atoms with Crippen molar-refractivity contribution in [2.24, 2.45) is 5.73 Å². The van der Waals surface area contributed by atoms with E-state index >= 15 is 0 Å². The van der Waals surface area contributed by atoms with Gasteiger partial charge in [0.25, 0.3) is 0 Å². The van der Waals surface area contributed by atoms with E-state index in [1.54, 1.807) is 0 Å². The highest BCUT2D eigenvalue weighted by Crippen LogP contribution is 2.44. The summed E-state index contributed by atoms with van der Waals surface area (Å²) in [7, 11) is 0. The maximum absolute atomic E-state index is 14.6. The van der Waals surface area contributed by atoms with E-state index in [9.17, 15) is 9.50 Å². The average Bonchev–Trinajstić information content (AvgIpc) is 2.24. The van der Waals surface area contributed by atoms with Gasteiger partial charge in [-0.05, 0) is 31.7 Å². The lowest BCUT2D eigenvalue weighted by molar-refractivity contribution is -0.134. The Morgan fingerprint density at radius 2 is 2.13 bits per heavy atom. The molecule has 1 saturated carbocycles. The van der Waals surface area contributed by atoms with Gasteiger partial charge in [-0.25, -0.2) is 14.4 Å². The SMILES string of the molecule is NC1(O)CCCCC1(F)c1ccncn1. The number of hydrogen-bond acceptors (Lipinski definition) is 4. The first kappa shape index (κ1) is 10.4. The van der Waals surface area contributed by atoms with Crippen LogP contribution in [-0.2, 0) is 5.67 Å². The summed E-state index contributed by atoms with van der Waals surface area (Å²) in [6, 6.07) is 1.46. The molecule has 3 N–H and O–H groups in total. The van der Waals surface area contributed by atoms with Gasteiger partial charge >= 0.3 is 0 Å². The topological polar surface area (TPSA) is 72.0 Å². The summed E-state index contributed by atoms with van der Waals surface area (Å²) in [5, 5.41) is 9.89. The lowest BCUT2D eigenvalue weighted by Crippen LogP contribution is -2.58. The largest absolute Gasteiger partial charge is 0.372 e. The number of aliphatic hydroxyl groups is 1. The van der Waals surface area contributed by atoms with E-state index in [2.05, 4.69) is 9.97 Å². The van der Waals surface area contributed by atoms with Crippen LogP contribution in [0.1, 0.15) is 31.4 Å². The minimum atomic E-state index is -1.95. The van der Waals surface area contributed by atoms with Crippen LogP contribution in [0.3, 0.4) is 0 Å². The molecule has 5 heteroatoms. The van der Waals surface area contributed by atoms with Gasteiger partial charge in [-0.3, -0.25) is 0 Å². The Balaban J connectivity index is 2.40. The lowest BCUT2D eigenvalue weighted by atomic mass is 9.77. The summed E-state index contributed by atoms with van der Waals surface area (Å²) < 4.78 is 14.6. The molecule has 0 radical (unpaired) electrons. The molecule has 0 spiro atoms. The zero-order valence-corrected chi connectivity index (χ0v) is 8.36. The summed E-state index contributed by atoms with van der Waals surface area (Å²) in [5.41, 5.74) is 2.01. The fourth-order valence-electron chi connectivity index (χ4n) is 2.05. The number of nitrogens with zero attached hydrogens (tertiary/aromatic N) is 2. The second-order valence-electron chi connectivity index (χ2n) is 4.03. The molecule has 82 valence electrons. The van der Waals surface area contributed by atoms with E-state index in [-0.39, 0.29) is 18.5 Å². The van der Waals surface area contributed by atoms with E-state index in [0.29, 0.717) is 6.42 Å². The highest BCUT2D eigenvalue weighted by molar-refractivity contribution is 5.17. The van der Waals surface area contributed by atoms with Crippen molar-refractivity contribution >= 4 is 0 Å². The zero-order valence-electron chi connectivity index (χ0n) is 8.36.